The van der Waals surface area contributed by atoms with Crippen LogP contribution >= 0.6 is 11.6 Å². The summed E-state index contributed by atoms with van der Waals surface area (Å²) in [5.41, 5.74) is 0.867. The largest absolute Gasteiger partial charge is 0.395 e. The summed E-state index contributed by atoms with van der Waals surface area (Å²) in [7, 11) is 0. The Bertz CT molecular complexity index is 453. The topological polar surface area (TPSA) is 66.6 Å². The van der Waals surface area contributed by atoms with Gasteiger partial charge in [-0.3, -0.25) is 15.0 Å². The molecule has 0 aliphatic carbocycles. The fourth-order valence-electron chi connectivity index (χ4n) is 2.31. The number of likely N-dealkylation sites (tertiary alicyclic amines) is 1. The summed E-state index contributed by atoms with van der Waals surface area (Å²) in [5.74, 6) is 0. The molecule has 0 radical (unpaired) electrons. The van der Waals surface area contributed by atoms with E-state index >= 15 is 0 Å². The molecule has 6 heteroatoms. The van der Waals surface area contributed by atoms with Gasteiger partial charge in [0.15, 0.2) is 0 Å². The summed E-state index contributed by atoms with van der Waals surface area (Å²) < 4.78 is 0. The summed E-state index contributed by atoms with van der Waals surface area (Å²) in [5, 5.41) is 20.3. The Balaban J connectivity index is 2.12. The van der Waals surface area contributed by atoms with E-state index in [9.17, 15) is 15.2 Å². The maximum Gasteiger partial charge on any atom is 0.270 e. The molecule has 1 aliphatic rings. The van der Waals surface area contributed by atoms with Crippen LogP contribution in [-0.2, 0) is 6.54 Å². The van der Waals surface area contributed by atoms with Gasteiger partial charge in [-0.05, 0) is 31.0 Å². The Morgan fingerprint density at radius 2 is 2.33 bits per heavy atom. The van der Waals surface area contributed by atoms with E-state index in [-0.39, 0.29) is 18.3 Å². The average Bonchev–Trinajstić information content (AvgIpc) is 2.78. The summed E-state index contributed by atoms with van der Waals surface area (Å²) in [6.07, 6.45) is 2.05. The second-order valence-corrected chi connectivity index (χ2v) is 4.89. The fraction of sp³-hybridized carbons (Fsp3) is 0.500. The van der Waals surface area contributed by atoms with Crippen LogP contribution in [0, 0.1) is 10.1 Å². The molecule has 98 valence electrons. The van der Waals surface area contributed by atoms with E-state index in [0.29, 0.717) is 11.6 Å². The molecule has 18 heavy (non-hydrogen) atoms. The van der Waals surface area contributed by atoms with Crippen LogP contribution in [0.25, 0.3) is 0 Å². The van der Waals surface area contributed by atoms with Crippen molar-refractivity contribution in [2.24, 2.45) is 0 Å². The zero-order valence-corrected chi connectivity index (χ0v) is 10.6. The maximum absolute atomic E-state index is 10.6. The smallest absolute Gasteiger partial charge is 0.270 e. The van der Waals surface area contributed by atoms with E-state index in [2.05, 4.69) is 4.90 Å². The van der Waals surface area contributed by atoms with Gasteiger partial charge in [-0.25, -0.2) is 0 Å². The quantitative estimate of drug-likeness (QED) is 0.673. The van der Waals surface area contributed by atoms with Gasteiger partial charge in [0.25, 0.3) is 5.69 Å². The molecule has 0 saturated carbocycles. The summed E-state index contributed by atoms with van der Waals surface area (Å²) in [4.78, 5) is 12.3. The zero-order chi connectivity index (χ0) is 13.1. The van der Waals surface area contributed by atoms with Crippen molar-refractivity contribution in [1.82, 2.24) is 4.90 Å². The highest BCUT2D eigenvalue weighted by Gasteiger charge is 2.24. The van der Waals surface area contributed by atoms with E-state index in [1.807, 2.05) is 0 Å². The first-order valence-corrected chi connectivity index (χ1v) is 6.27. The lowest BCUT2D eigenvalue weighted by atomic mass is 10.1. The van der Waals surface area contributed by atoms with Crippen LogP contribution in [-0.4, -0.2) is 34.1 Å². The summed E-state index contributed by atoms with van der Waals surface area (Å²) in [6, 6.07) is 4.70. The van der Waals surface area contributed by atoms with Crippen molar-refractivity contribution >= 4 is 17.3 Å². The highest BCUT2D eigenvalue weighted by molar-refractivity contribution is 6.31. The molecule has 1 heterocycles. The number of nitrogens with zero attached hydrogens (tertiary/aromatic N) is 2. The minimum absolute atomic E-state index is 0.00359. The number of non-ortho nitro benzene ring substituents is 1. The molecule has 2 rings (SSSR count). The SMILES string of the molecule is O=[N+]([O-])c1ccc(CN2CCC[C@@H]2CO)c(Cl)c1. The second kappa shape index (κ2) is 5.65. The number of aliphatic hydroxyl groups is 1. The standard InChI is InChI=1S/C12H15ClN2O3/c13-12-6-10(15(17)18)4-3-9(12)7-14-5-1-2-11(14)8-16/h3-4,6,11,16H,1-2,5,7-8H2/t11-/m1/s1. The molecule has 0 unspecified atom stereocenters. The predicted octanol–water partition coefficient (Wildman–Crippen LogP) is 2.20. The third kappa shape index (κ3) is 2.80. The monoisotopic (exact) mass is 270 g/mol. The van der Waals surface area contributed by atoms with Crippen molar-refractivity contribution in [2.75, 3.05) is 13.2 Å². The Kier molecular flexibility index (Phi) is 4.16. The van der Waals surface area contributed by atoms with Crippen molar-refractivity contribution in [3.8, 4) is 0 Å². The number of hydrogen-bond acceptors (Lipinski definition) is 4. The zero-order valence-electron chi connectivity index (χ0n) is 9.88. The number of aliphatic hydroxyl groups excluding tert-OH is 1. The molecule has 1 saturated heterocycles. The molecule has 0 bridgehead atoms. The highest BCUT2D eigenvalue weighted by atomic mass is 35.5. The molecule has 0 amide bonds. The van der Waals surface area contributed by atoms with Crippen molar-refractivity contribution < 1.29 is 10.0 Å². The molecular weight excluding hydrogens is 256 g/mol. The molecule has 5 nitrogen and oxygen atoms in total. The Morgan fingerprint density at radius 3 is 2.94 bits per heavy atom. The summed E-state index contributed by atoms with van der Waals surface area (Å²) >= 11 is 6.05. The van der Waals surface area contributed by atoms with Crippen LogP contribution in [0.4, 0.5) is 5.69 Å². The van der Waals surface area contributed by atoms with Gasteiger partial charge in [-0.1, -0.05) is 11.6 Å². The van der Waals surface area contributed by atoms with Gasteiger partial charge in [0.2, 0.25) is 0 Å². The van der Waals surface area contributed by atoms with Crippen LogP contribution < -0.4 is 0 Å². The van der Waals surface area contributed by atoms with Gasteiger partial charge >= 0.3 is 0 Å². The molecule has 1 fully saturated rings. The van der Waals surface area contributed by atoms with Crippen LogP contribution in [0.5, 0.6) is 0 Å². The van der Waals surface area contributed by atoms with Crippen molar-refractivity contribution in [3.05, 3.63) is 38.9 Å². The number of halogens is 1. The van der Waals surface area contributed by atoms with Gasteiger partial charge in [0.1, 0.15) is 0 Å². The van der Waals surface area contributed by atoms with Crippen molar-refractivity contribution in [1.29, 1.82) is 0 Å². The van der Waals surface area contributed by atoms with Crippen LogP contribution in [0.2, 0.25) is 5.02 Å². The first-order chi connectivity index (χ1) is 8.61. The minimum Gasteiger partial charge on any atom is -0.395 e. The lowest BCUT2D eigenvalue weighted by Gasteiger charge is -2.23. The number of nitro benzene ring substituents is 1. The van der Waals surface area contributed by atoms with Gasteiger partial charge in [0, 0.05) is 24.7 Å². The Morgan fingerprint density at radius 1 is 1.56 bits per heavy atom. The molecule has 1 atom stereocenters. The second-order valence-electron chi connectivity index (χ2n) is 4.48. The first-order valence-electron chi connectivity index (χ1n) is 5.89. The first kappa shape index (κ1) is 13.3. The normalized spacial score (nSPS) is 20.2. The molecular formula is C12H15ClN2O3. The molecule has 1 aromatic carbocycles. The third-order valence-electron chi connectivity index (χ3n) is 3.33. The Hall–Kier alpha value is -1.17. The number of rotatable bonds is 4. The number of hydrogen-bond donors (Lipinski definition) is 1. The van der Waals surface area contributed by atoms with E-state index < -0.39 is 4.92 Å². The van der Waals surface area contributed by atoms with E-state index in [1.54, 1.807) is 6.07 Å². The van der Waals surface area contributed by atoms with Crippen molar-refractivity contribution in [3.63, 3.8) is 0 Å². The minimum atomic E-state index is -0.456. The Labute approximate surface area is 110 Å². The molecule has 1 aromatic rings. The van der Waals surface area contributed by atoms with E-state index in [4.69, 9.17) is 11.6 Å². The van der Waals surface area contributed by atoms with Crippen molar-refractivity contribution in [2.45, 2.75) is 25.4 Å². The van der Waals surface area contributed by atoms with Gasteiger partial charge in [0.05, 0.1) is 16.6 Å². The summed E-state index contributed by atoms with van der Waals surface area (Å²) in [6.45, 7) is 1.70. The maximum atomic E-state index is 10.6. The average molecular weight is 271 g/mol. The lowest BCUT2D eigenvalue weighted by molar-refractivity contribution is -0.384. The van der Waals surface area contributed by atoms with Crippen LogP contribution in [0.1, 0.15) is 18.4 Å². The van der Waals surface area contributed by atoms with Gasteiger partial charge in [-0.2, -0.15) is 0 Å². The number of benzene rings is 1. The number of nitro groups is 1. The molecule has 0 aromatic heterocycles. The third-order valence-corrected chi connectivity index (χ3v) is 3.68. The highest BCUT2D eigenvalue weighted by Crippen LogP contribution is 2.26. The molecule has 1 aliphatic heterocycles. The van der Waals surface area contributed by atoms with Crippen LogP contribution in [0.3, 0.4) is 0 Å². The van der Waals surface area contributed by atoms with E-state index in [0.717, 1.165) is 24.9 Å². The predicted molar refractivity (Wildman–Crippen MR) is 68.6 cm³/mol. The van der Waals surface area contributed by atoms with E-state index in [1.165, 1.54) is 12.1 Å². The fourth-order valence-corrected chi connectivity index (χ4v) is 2.54. The van der Waals surface area contributed by atoms with Gasteiger partial charge < -0.3 is 5.11 Å². The molecule has 0 spiro atoms. The lowest BCUT2D eigenvalue weighted by Crippen LogP contribution is -2.31. The molecule has 1 N–H and O–H groups in total. The van der Waals surface area contributed by atoms with Crippen LogP contribution in [0.15, 0.2) is 18.2 Å². The van der Waals surface area contributed by atoms with Gasteiger partial charge in [-0.15, -0.1) is 0 Å².